The van der Waals surface area contributed by atoms with Crippen LogP contribution in [-0.4, -0.2) is 35.1 Å². The van der Waals surface area contributed by atoms with Crippen LogP contribution in [0.4, 0.5) is 0 Å². The van der Waals surface area contributed by atoms with E-state index in [4.69, 9.17) is 0 Å². The maximum atomic E-state index is 9.43. The molecule has 0 aromatic heterocycles. The average Bonchev–Trinajstić information content (AvgIpc) is 3.08. The average molecular weight is 235 g/mol. The van der Waals surface area contributed by atoms with Crippen molar-refractivity contribution in [2.75, 3.05) is 6.54 Å². The van der Waals surface area contributed by atoms with E-state index in [0.717, 1.165) is 6.54 Å². The van der Waals surface area contributed by atoms with Crippen molar-refractivity contribution in [3.05, 3.63) is 0 Å². The van der Waals surface area contributed by atoms with Gasteiger partial charge < -0.3 is 0 Å². The van der Waals surface area contributed by atoms with Gasteiger partial charge in [0.1, 0.15) is 5.54 Å². The minimum absolute atomic E-state index is 0.374. The van der Waals surface area contributed by atoms with Gasteiger partial charge in [0.05, 0.1) is 6.07 Å². The van der Waals surface area contributed by atoms with Crippen molar-refractivity contribution in [3.8, 4) is 6.07 Å². The number of hydrogen-bond acceptors (Lipinski definition) is 3. The third-order valence-electron chi connectivity index (χ3n) is 4.22. The van der Waals surface area contributed by atoms with Gasteiger partial charge >= 0.3 is 0 Å². The number of nitriles is 1. The zero-order chi connectivity index (χ0) is 12.5. The molecule has 2 aliphatic rings. The predicted octanol–water partition coefficient (Wildman–Crippen LogP) is 2.28. The van der Waals surface area contributed by atoms with Gasteiger partial charge in [-0.25, -0.2) is 0 Å². The lowest BCUT2D eigenvalue weighted by Crippen LogP contribution is -2.56. The summed E-state index contributed by atoms with van der Waals surface area (Å²) in [4.78, 5) is 2.52. The number of hydrogen-bond donors (Lipinski definition) is 1. The normalized spacial score (nSPS) is 34.0. The van der Waals surface area contributed by atoms with E-state index in [9.17, 15) is 5.26 Å². The zero-order valence-electron chi connectivity index (χ0n) is 11.4. The lowest BCUT2D eigenvalue weighted by atomic mass is 9.93. The van der Waals surface area contributed by atoms with Gasteiger partial charge in [0, 0.05) is 24.7 Å². The molecule has 2 fully saturated rings. The molecule has 96 valence electrons. The van der Waals surface area contributed by atoms with Gasteiger partial charge in [-0.05, 0) is 46.5 Å². The van der Waals surface area contributed by atoms with Gasteiger partial charge in [-0.1, -0.05) is 6.42 Å². The van der Waals surface area contributed by atoms with E-state index in [2.05, 4.69) is 37.1 Å². The highest BCUT2D eigenvalue weighted by Crippen LogP contribution is 2.27. The summed E-state index contributed by atoms with van der Waals surface area (Å²) < 4.78 is 0. The summed E-state index contributed by atoms with van der Waals surface area (Å²) in [6.45, 7) is 7.51. The molecule has 0 radical (unpaired) electrons. The van der Waals surface area contributed by atoms with E-state index in [1.54, 1.807) is 0 Å². The number of rotatable bonds is 4. The molecule has 1 N–H and O–H groups in total. The Bertz CT molecular complexity index is 295. The van der Waals surface area contributed by atoms with Gasteiger partial charge in [-0.2, -0.15) is 5.26 Å². The molecule has 0 aromatic rings. The SMILES string of the molecule is C[C@@H]1CCC[C@H](C)N1CC(C)(C#N)NC1CC1. The molecule has 0 aromatic carbocycles. The molecule has 1 aliphatic heterocycles. The molecule has 1 saturated carbocycles. The summed E-state index contributed by atoms with van der Waals surface area (Å²) in [5, 5.41) is 12.9. The highest BCUT2D eigenvalue weighted by atomic mass is 15.2. The van der Waals surface area contributed by atoms with E-state index in [1.807, 2.05) is 0 Å². The van der Waals surface area contributed by atoms with Crippen LogP contribution in [0.3, 0.4) is 0 Å². The van der Waals surface area contributed by atoms with Crippen LogP contribution in [-0.2, 0) is 0 Å². The predicted molar refractivity (Wildman–Crippen MR) is 69.7 cm³/mol. The zero-order valence-corrected chi connectivity index (χ0v) is 11.4. The van der Waals surface area contributed by atoms with Crippen LogP contribution in [0.1, 0.15) is 52.9 Å². The molecule has 1 unspecified atom stereocenters. The van der Waals surface area contributed by atoms with Crippen molar-refractivity contribution in [2.45, 2.75) is 76.5 Å². The number of likely N-dealkylation sites (tertiary alicyclic amines) is 1. The highest BCUT2D eigenvalue weighted by Gasteiger charge is 2.37. The molecular formula is C14H25N3. The van der Waals surface area contributed by atoms with Crippen molar-refractivity contribution < 1.29 is 0 Å². The Kier molecular flexibility index (Phi) is 3.75. The lowest BCUT2D eigenvalue weighted by molar-refractivity contribution is 0.0811. The minimum Gasteiger partial charge on any atom is -0.296 e. The van der Waals surface area contributed by atoms with Crippen LogP contribution in [0.5, 0.6) is 0 Å². The first kappa shape index (κ1) is 12.9. The van der Waals surface area contributed by atoms with Crippen LogP contribution in [0.25, 0.3) is 0 Å². The Labute approximate surface area is 105 Å². The van der Waals surface area contributed by atoms with Gasteiger partial charge in [-0.3, -0.25) is 10.2 Å². The van der Waals surface area contributed by atoms with Crippen LogP contribution < -0.4 is 5.32 Å². The molecule has 1 saturated heterocycles. The molecule has 0 bridgehead atoms. The van der Waals surface area contributed by atoms with Crippen molar-refractivity contribution in [3.63, 3.8) is 0 Å². The molecule has 3 atom stereocenters. The summed E-state index contributed by atoms with van der Waals surface area (Å²) in [5.74, 6) is 0. The summed E-state index contributed by atoms with van der Waals surface area (Å²) in [7, 11) is 0. The summed E-state index contributed by atoms with van der Waals surface area (Å²) in [5.41, 5.74) is -0.374. The smallest absolute Gasteiger partial charge is 0.116 e. The largest absolute Gasteiger partial charge is 0.296 e. The Morgan fingerprint density at radius 1 is 1.24 bits per heavy atom. The van der Waals surface area contributed by atoms with Crippen LogP contribution in [0.15, 0.2) is 0 Å². The number of piperidine rings is 1. The van der Waals surface area contributed by atoms with Crippen LogP contribution >= 0.6 is 0 Å². The second-order valence-corrected chi connectivity index (χ2v) is 6.16. The third kappa shape index (κ3) is 3.20. The van der Waals surface area contributed by atoms with Gasteiger partial charge in [0.15, 0.2) is 0 Å². The van der Waals surface area contributed by atoms with E-state index < -0.39 is 0 Å². The summed E-state index contributed by atoms with van der Waals surface area (Å²) in [6, 6.07) is 4.31. The van der Waals surface area contributed by atoms with Crippen LogP contribution in [0, 0.1) is 11.3 Å². The van der Waals surface area contributed by atoms with Crippen molar-refractivity contribution in [1.82, 2.24) is 10.2 Å². The molecule has 1 heterocycles. The fraction of sp³-hybridized carbons (Fsp3) is 0.929. The molecule has 3 nitrogen and oxygen atoms in total. The maximum Gasteiger partial charge on any atom is 0.116 e. The number of nitrogens with zero attached hydrogens (tertiary/aromatic N) is 2. The van der Waals surface area contributed by atoms with Crippen molar-refractivity contribution in [1.29, 1.82) is 5.26 Å². The fourth-order valence-corrected chi connectivity index (χ4v) is 2.94. The molecule has 0 spiro atoms. The Balaban J connectivity index is 1.98. The van der Waals surface area contributed by atoms with Gasteiger partial charge in [0.2, 0.25) is 0 Å². The van der Waals surface area contributed by atoms with Crippen molar-refractivity contribution in [2.24, 2.45) is 0 Å². The lowest BCUT2D eigenvalue weighted by Gasteiger charge is -2.42. The molecule has 3 heteroatoms. The minimum atomic E-state index is -0.374. The van der Waals surface area contributed by atoms with Gasteiger partial charge in [0.25, 0.3) is 0 Å². The second-order valence-electron chi connectivity index (χ2n) is 6.16. The quantitative estimate of drug-likeness (QED) is 0.812. The van der Waals surface area contributed by atoms with E-state index in [0.29, 0.717) is 18.1 Å². The molecule has 1 aliphatic carbocycles. The van der Waals surface area contributed by atoms with E-state index in [1.165, 1.54) is 32.1 Å². The topological polar surface area (TPSA) is 39.1 Å². The molecule has 2 rings (SSSR count). The van der Waals surface area contributed by atoms with Crippen molar-refractivity contribution >= 4 is 0 Å². The standard InChI is InChI=1S/C14H25N3/c1-11-5-4-6-12(2)17(11)10-14(3,9-15)16-13-7-8-13/h11-13,16H,4-8,10H2,1-3H3/t11-,12+,14?. The van der Waals surface area contributed by atoms with Gasteiger partial charge in [-0.15, -0.1) is 0 Å². The fourth-order valence-electron chi connectivity index (χ4n) is 2.94. The number of nitrogens with one attached hydrogen (secondary N) is 1. The summed E-state index contributed by atoms with van der Waals surface area (Å²) >= 11 is 0. The van der Waals surface area contributed by atoms with Crippen LogP contribution in [0.2, 0.25) is 0 Å². The Morgan fingerprint density at radius 2 is 1.82 bits per heavy atom. The first-order valence-corrected chi connectivity index (χ1v) is 6.99. The molecule has 0 amide bonds. The maximum absolute atomic E-state index is 9.43. The molecular weight excluding hydrogens is 210 g/mol. The first-order valence-electron chi connectivity index (χ1n) is 6.99. The third-order valence-corrected chi connectivity index (χ3v) is 4.22. The molecule has 17 heavy (non-hydrogen) atoms. The summed E-state index contributed by atoms with van der Waals surface area (Å²) in [6.07, 6.45) is 6.35. The first-order chi connectivity index (χ1) is 8.04. The van der Waals surface area contributed by atoms with E-state index >= 15 is 0 Å². The Hall–Kier alpha value is -0.590. The second kappa shape index (κ2) is 4.96. The monoisotopic (exact) mass is 235 g/mol. The Morgan fingerprint density at radius 3 is 2.29 bits per heavy atom. The van der Waals surface area contributed by atoms with E-state index in [-0.39, 0.29) is 5.54 Å². The highest BCUT2D eigenvalue weighted by molar-refractivity contribution is 5.09.